The summed E-state index contributed by atoms with van der Waals surface area (Å²) >= 11 is 0. The number of allylic oxidation sites excluding steroid dienone is 2. The molecule has 6 heteroatoms. The van der Waals surface area contributed by atoms with Gasteiger partial charge in [-0.25, -0.2) is 0 Å². The summed E-state index contributed by atoms with van der Waals surface area (Å²) in [6, 6.07) is 24.3. The van der Waals surface area contributed by atoms with Crippen LogP contribution in [0.2, 0.25) is 0 Å². The van der Waals surface area contributed by atoms with Gasteiger partial charge >= 0.3 is 0 Å². The van der Waals surface area contributed by atoms with E-state index in [0.29, 0.717) is 17.5 Å². The van der Waals surface area contributed by atoms with Gasteiger partial charge in [-0.1, -0.05) is 68.0 Å². The molecule has 1 N–H and O–H groups in total. The van der Waals surface area contributed by atoms with Gasteiger partial charge in [-0.05, 0) is 83.9 Å². The van der Waals surface area contributed by atoms with E-state index in [2.05, 4.69) is 53.5 Å². The normalized spacial score (nSPS) is 12.1. The maximum absolute atomic E-state index is 14.4. The summed E-state index contributed by atoms with van der Waals surface area (Å²) in [5.41, 5.74) is 6.06. The quantitative estimate of drug-likeness (QED) is 0.117. The molecule has 0 saturated heterocycles. The number of unbranched alkanes of at least 4 members (excludes halogenated alkanes) is 2. The fourth-order valence-electron chi connectivity index (χ4n) is 4.56. The average molecular weight is 526 g/mol. The zero-order chi connectivity index (χ0) is 27.6. The molecule has 0 aliphatic carbocycles. The first-order chi connectivity index (χ1) is 19.0. The largest absolute Gasteiger partial charge is 0.494 e. The lowest BCUT2D eigenvalue weighted by molar-refractivity contribution is -0.123. The predicted octanol–water partition coefficient (Wildman–Crippen LogP) is 7.65. The molecule has 0 spiro atoms. The second-order valence-corrected chi connectivity index (χ2v) is 9.74. The van der Waals surface area contributed by atoms with Crippen molar-refractivity contribution in [3.63, 3.8) is 0 Å². The van der Waals surface area contributed by atoms with Gasteiger partial charge in [0.15, 0.2) is 0 Å². The van der Waals surface area contributed by atoms with Crippen LogP contribution < -0.4 is 4.74 Å². The number of aromatic amines is 1. The van der Waals surface area contributed by atoms with E-state index in [0.717, 1.165) is 60.1 Å². The van der Waals surface area contributed by atoms with Gasteiger partial charge in [0.1, 0.15) is 5.75 Å². The van der Waals surface area contributed by atoms with Gasteiger partial charge in [-0.15, -0.1) is 0 Å². The number of amides is 1. The third-order valence-electron chi connectivity index (χ3n) is 6.60. The lowest BCUT2D eigenvalue weighted by Gasteiger charge is -2.18. The fourth-order valence-corrected chi connectivity index (χ4v) is 4.56. The summed E-state index contributed by atoms with van der Waals surface area (Å²) in [5.74, 6) is 0.389. The second-order valence-electron chi connectivity index (χ2n) is 9.74. The van der Waals surface area contributed by atoms with Crippen LogP contribution in [0.4, 0.5) is 4.39 Å². The van der Waals surface area contributed by atoms with Gasteiger partial charge < -0.3 is 9.64 Å². The minimum absolute atomic E-state index is 0.00365. The predicted molar refractivity (Wildman–Crippen MR) is 157 cm³/mol. The first-order valence-corrected chi connectivity index (χ1v) is 13.5. The Morgan fingerprint density at radius 3 is 2.44 bits per heavy atom. The topological polar surface area (TPSA) is 58.2 Å². The molecule has 0 fully saturated rings. The number of hydrogen-bond acceptors (Lipinski definition) is 3. The molecular formula is C33H36FN3O2. The maximum Gasteiger partial charge on any atom is 0.245 e. The maximum atomic E-state index is 14.4. The zero-order valence-corrected chi connectivity index (χ0v) is 22.9. The van der Waals surface area contributed by atoms with Gasteiger partial charge in [0.2, 0.25) is 11.9 Å². The van der Waals surface area contributed by atoms with Crippen molar-refractivity contribution in [1.82, 2.24) is 15.1 Å². The van der Waals surface area contributed by atoms with E-state index in [1.807, 2.05) is 42.5 Å². The number of H-pyrrole nitrogens is 1. The molecule has 4 aromatic rings. The highest BCUT2D eigenvalue weighted by Crippen LogP contribution is 2.37. The molecule has 0 atom stereocenters. The van der Waals surface area contributed by atoms with Crippen molar-refractivity contribution in [2.24, 2.45) is 0 Å². The van der Waals surface area contributed by atoms with Crippen LogP contribution in [-0.2, 0) is 4.79 Å². The van der Waals surface area contributed by atoms with Crippen LogP contribution in [0.1, 0.15) is 55.7 Å². The molecule has 1 aromatic heterocycles. The van der Waals surface area contributed by atoms with Gasteiger partial charge in [0.25, 0.3) is 0 Å². The van der Waals surface area contributed by atoms with Gasteiger partial charge in [-0.2, -0.15) is 9.49 Å². The van der Waals surface area contributed by atoms with Gasteiger partial charge in [0.05, 0.1) is 17.5 Å². The monoisotopic (exact) mass is 525 g/mol. The number of aromatic nitrogens is 2. The van der Waals surface area contributed by atoms with Crippen molar-refractivity contribution < 1.29 is 13.9 Å². The zero-order valence-electron chi connectivity index (χ0n) is 22.9. The second kappa shape index (κ2) is 13.6. The Kier molecular flexibility index (Phi) is 9.68. The van der Waals surface area contributed by atoms with Crippen LogP contribution in [0, 0.1) is 5.95 Å². The Balaban J connectivity index is 1.55. The Bertz CT molecular complexity index is 1440. The summed E-state index contributed by atoms with van der Waals surface area (Å²) in [6.07, 6.45) is 8.10. The van der Waals surface area contributed by atoms with Crippen molar-refractivity contribution in [3.8, 4) is 5.75 Å². The molecule has 0 saturated carbocycles. The van der Waals surface area contributed by atoms with E-state index in [9.17, 15) is 9.18 Å². The number of ether oxygens (including phenoxy) is 1. The van der Waals surface area contributed by atoms with Crippen LogP contribution in [0.3, 0.4) is 0 Å². The number of rotatable bonds is 12. The molecular weight excluding hydrogens is 489 g/mol. The van der Waals surface area contributed by atoms with Gasteiger partial charge in [0, 0.05) is 14.1 Å². The summed E-state index contributed by atoms with van der Waals surface area (Å²) in [6.45, 7) is 2.78. The number of benzene rings is 3. The molecule has 0 aliphatic heterocycles. The van der Waals surface area contributed by atoms with Crippen molar-refractivity contribution >= 4 is 28.0 Å². The van der Waals surface area contributed by atoms with Crippen LogP contribution in [-0.4, -0.2) is 41.7 Å². The third kappa shape index (κ3) is 7.23. The lowest BCUT2D eigenvalue weighted by Crippen LogP contribution is -2.18. The van der Waals surface area contributed by atoms with Crippen molar-refractivity contribution in [3.05, 3.63) is 108 Å². The average Bonchev–Trinajstić information content (AvgIpc) is 3.33. The first-order valence-electron chi connectivity index (χ1n) is 13.5. The molecule has 0 radical (unpaired) electrons. The summed E-state index contributed by atoms with van der Waals surface area (Å²) in [7, 11) is 3.49. The van der Waals surface area contributed by atoms with E-state index < -0.39 is 5.95 Å². The Morgan fingerprint density at radius 1 is 0.974 bits per heavy atom. The molecule has 0 unspecified atom stereocenters. The number of nitrogens with zero attached hydrogens (tertiary/aromatic N) is 2. The number of hydrogen-bond donors (Lipinski definition) is 1. The number of carbonyl (C=O) groups excluding carboxylic acids is 1. The molecule has 3 aromatic carbocycles. The number of nitrogens with one attached hydrogen (secondary N) is 1. The van der Waals surface area contributed by atoms with Crippen molar-refractivity contribution in [2.75, 3.05) is 20.7 Å². The Hall–Kier alpha value is -4.19. The van der Waals surface area contributed by atoms with Gasteiger partial charge in [-0.3, -0.25) is 9.89 Å². The number of halogens is 1. The minimum atomic E-state index is -0.425. The molecule has 1 amide bonds. The summed E-state index contributed by atoms with van der Waals surface area (Å²) < 4.78 is 20.4. The minimum Gasteiger partial charge on any atom is -0.494 e. The van der Waals surface area contributed by atoms with E-state index in [-0.39, 0.29) is 5.91 Å². The van der Waals surface area contributed by atoms with Crippen LogP contribution >= 0.6 is 0 Å². The van der Waals surface area contributed by atoms with Crippen LogP contribution in [0.25, 0.3) is 22.0 Å². The van der Waals surface area contributed by atoms with Crippen LogP contribution in [0.15, 0.2) is 84.9 Å². The van der Waals surface area contributed by atoms with Crippen molar-refractivity contribution in [1.29, 1.82) is 0 Å². The highest BCUT2D eigenvalue weighted by atomic mass is 19.1. The lowest BCUT2D eigenvalue weighted by atomic mass is 9.87. The van der Waals surface area contributed by atoms with E-state index in [1.54, 1.807) is 25.1 Å². The molecule has 39 heavy (non-hydrogen) atoms. The molecule has 0 bridgehead atoms. The SMILES string of the molecule is CCC/C(=C(/c1ccc(OCCCC/C=C/C(=O)N(C)C)cc1)c1ccc2n[nH]c(F)c2c1)c1ccccc1. The van der Waals surface area contributed by atoms with E-state index >= 15 is 0 Å². The molecule has 4 rings (SSSR count). The highest BCUT2D eigenvalue weighted by molar-refractivity contribution is 6.00. The molecule has 5 nitrogen and oxygen atoms in total. The summed E-state index contributed by atoms with van der Waals surface area (Å²) in [4.78, 5) is 13.2. The number of likely N-dealkylation sites (N-methyl/N-ethyl adjacent to an activating group) is 1. The Labute approximate surface area is 230 Å². The number of carbonyl (C=O) groups is 1. The molecule has 0 aliphatic rings. The van der Waals surface area contributed by atoms with Crippen molar-refractivity contribution in [2.45, 2.75) is 39.0 Å². The third-order valence-corrected chi connectivity index (χ3v) is 6.60. The fraction of sp³-hybridized carbons (Fsp3) is 0.273. The standard InChI is InChI=1S/C33H36FN3O2/c1-4-12-28(24-13-8-7-9-14-24)32(26-18-21-30-29(23-26)33(34)36-35-30)25-16-19-27(20-17-25)39-22-11-6-5-10-15-31(38)37(2)3/h7-10,13-21,23H,4-6,11-12,22H2,1-3H3,(H,35,36)/b15-10+,32-28+. The highest BCUT2D eigenvalue weighted by Gasteiger charge is 2.16. The van der Waals surface area contributed by atoms with E-state index in [1.165, 1.54) is 5.57 Å². The molecule has 1 heterocycles. The summed E-state index contributed by atoms with van der Waals surface area (Å²) in [5, 5.41) is 6.99. The van der Waals surface area contributed by atoms with E-state index in [4.69, 9.17) is 4.74 Å². The van der Waals surface area contributed by atoms with Crippen LogP contribution in [0.5, 0.6) is 5.75 Å². The smallest absolute Gasteiger partial charge is 0.245 e. The molecule has 202 valence electrons. The first kappa shape index (κ1) is 27.8. The Morgan fingerprint density at radius 2 is 1.72 bits per heavy atom. The number of fused-ring (bicyclic) bond motifs is 1.